The molecule has 1 fully saturated rings. The Morgan fingerprint density at radius 1 is 1.25 bits per heavy atom. The van der Waals surface area contributed by atoms with Crippen molar-refractivity contribution in [3.05, 3.63) is 29.8 Å². The fraction of sp³-hybridized carbons (Fsp3) is 0.533. The van der Waals surface area contributed by atoms with Gasteiger partial charge in [-0.25, -0.2) is 8.42 Å². The van der Waals surface area contributed by atoms with Gasteiger partial charge in [0, 0.05) is 19.2 Å². The van der Waals surface area contributed by atoms with Crippen LogP contribution in [0.4, 0.5) is 0 Å². The molecule has 1 unspecified atom stereocenters. The number of rotatable bonds is 4. The second kappa shape index (κ2) is 5.56. The van der Waals surface area contributed by atoms with Crippen molar-refractivity contribution in [2.45, 2.75) is 37.1 Å². The Bertz CT molecular complexity index is 588. The highest BCUT2D eigenvalue weighted by Gasteiger charge is 2.30. The highest BCUT2D eigenvalue weighted by Crippen LogP contribution is 2.31. The zero-order valence-electron chi connectivity index (χ0n) is 12.2. The van der Waals surface area contributed by atoms with Gasteiger partial charge in [0.05, 0.1) is 10.9 Å². The lowest BCUT2D eigenvalue weighted by Gasteiger charge is -2.33. The molecule has 5 heteroatoms. The first kappa shape index (κ1) is 15.0. The summed E-state index contributed by atoms with van der Waals surface area (Å²) in [5.74, 6) is 0.369. The molecule has 1 atom stereocenters. The minimum atomic E-state index is -3.17. The van der Waals surface area contributed by atoms with E-state index in [9.17, 15) is 13.2 Å². The summed E-state index contributed by atoms with van der Waals surface area (Å²) in [6.07, 6.45) is 4.31. The van der Waals surface area contributed by atoms with Gasteiger partial charge in [-0.2, -0.15) is 0 Å². The minimum Gasteiger partial charge on any atom is -0.339 e. The number of amides is 1. The summed E-state index contributed by atoms with van der Waals surface area (Å²) in [6, 6.07) is 6.72. The average molecular weight is 295 g/mol. The van der Waals surface area contributed by atoms with Crippen molar-refractivity contribution in [1.82, 2.24) is 4.90 Å². The van der Waals surface area contributed by atoms with Crippen LogP contribution >= 0.6 is 0 Å². The Morgan fingerprint density at radius 2 is 1.80 bits per heavy atom. The Hall–Kier alpha value is -1.36. The van der Waals surface area contributed by atoms with E-state index in [1.54, 1.807) is 29.2 Å². The van der Waals surface area contributed by atoms with Crippen molar-refractivity contribution in [1.29, 1.82) is 0 Å². The third-order valence-electron chi connectivity index (χ3n) is 4.17. The first-order chi connectivity index (χ1) is 9.30. The average Bonchev–Trinajstić information content (AvgIpc) is 2.34. The van der Waals surface area contributed by atoms with Crippen molar-refractivity contribution in [2.24, 2.45) is 5.92 Å². The number of hydrogen-bond acceptors (Lipinski definition) is 3. The second-order valence-corrected chi connectivity index (χ2v) is 7.61. The second-order valence-electron chi connectivity index (χ2n) is 5.59. The van der Waals surface area contributed by atoms with E-state index >= 15 is 0 Å². The lowest BCUT2D eigenvalue weighted by Crippen LogP contribution is -2.37. The van der Waals surface area contributed by atoms with Crippen LogP contribution in [-0.4, -0.2) is 32.5 Å². The molecule has 0 aliphatic heterocycles. The van der Waals surface area contributed by atoms with E-state index in [-0.39, 0.29) is 17.9 Å². The Balaban J connectivity index is 2.12. The summed E-state index contributed by atoms with van der Waals surface area (Å²) in [5, 5.41) is 0. The van der Waals surface area contributed by atoms with Gasteiger partial charge in [0.2, 0.25) is 5.91 Å². The van der Waals surface area contributed by atoms with E-state index in [2.05, 4.69) is 0 Å². The molecule has 1 aromatic rings. The highest BCUT2D eigenvalue weighted by atomic mass is 32.2. The van der Waals surface area contributed by atoms with Crippen LogP contribution in [0.2, 0.25) is 0 Å². The van der Waals surface area contributed by atoms with Gasteiger partial charge in [-0.15, -0.1) is 0 Å². The van der Waals surface area contributed by atoms with Gasteiger partial charge in [-0.1, -0.05) is 18.6 Å². The maximum atomic E-state index is 12.2. The lowest BCUT2D eigenvalue weighted by molar-refractivity contribution is -0.138. The maximum Gasteiger partial charge on any atom is 0.225 e. The van der Waals surface area contributed by atoms with Crippen LogP contribution in [-0.2, 0) is 14.6 Å². The number of benzene rings is 1. The quantitative estimate of drug-likeness (QED) is 0.857. The normalized spacial score (nSPS) is 17.4. The van der Waals surface area contributed by atoms with Gasteiger partial charge in [0.1, 0.15) is 0 Å². The molecule has 0 spiro atoms. The topological polar surface area (TPSA) is 54.5 Å². The molecular weight excluding hydrogens is 274 g/mol. The fourth-order valence-electron chi connectivity index (χ4n) is 2.35. The molecule has 1 saturated carbocycles. The van der Waals surface area contributed by atoms with Crippen LogP contribution < -0.4 is 0 Å². The van der Waals surface area contributed by atoms with E-state index in [0.29, 0.717) is 4.90 Å². The minimum absolute atomic E-state index is 0.0447. The third-order valence-corrected chi connectivity index (χ3v) is 5.30. The molecule has 0 saturated heterocycles. The Labute approximate surface area is 120 Å². The SMILES string of the molecule is CC(c1ccc(S(C)(=O)=O)cc1)N(C)C(=O)C1CCC1. The highest BCUT2D eigenvalue weighted by molar-refractivity contribution is 7.90. The third kappa shape index (κ3) is 3.03. The van der Waals surface area contributed by atoms with Gasteiger partial charge in [-0.3, -0.25) is 4.79 Å². The van der Waals surface area contributed by atoms with Gasteiger partial charge in [0.25, 0.3) is 0 Å². The van der Waals surface area contributed by atoms with Crippen LogP contribution in [0, 0.1) is 5.92 Å². The number of hydrogen-bond donors (Lipinski definition) is 0. The number of carbonyl (C=O) groups is 1. The molecule has 0 heterocycles. The van der Waals surface area contributed by atoms with Crippen LogP contribution in [0.3, 0.4) is 0 Å². The van der Waals surface area contributed by atoms with E-state index in [1.165, 1.54) is 6.26 Å². The molecule has 0 bridgehead atoms. The van der Waals surface area contributed by atoms with Crippen molar-refractivity contribution in [3.63, 3.8) is 0 Å². The van der Waals surface area contributed by atoms with Crippen LogP contribution in [0.25, 0.3) is 0 Å². The summed E-state index contributed by atoms with van der Waals surface area (Å²) in [7, 11) is -1.36. The number of sulfone groups is 1. The first-order valence-corrected chi connectivity index (χ1v) is 8.76. The molecule has 1 amide bonds. The zero-order chi connectivity index (χ0) is 14.9. The smallest absolute Gasteiger partial charge is 0.225 e. The summed E-state index contributed by atoms with van der Waals surface area (Å²) in [4.78, 5) is 14.3. The molecule has 20 heavy (non-hydrogen) atoms. The Morgan fingerprint density at radius 3 is 2.20 bits per heavy atom. The molecule has 2 rings (SSSR count). The number of carbonyl (C=O) groups excluding carboxylic acids is 1. The van der Waals surface area contributed by atoms with Crippen LogP contribution in [0.5, 0.6) is 0 Å². The number of nitrogens with zero attached hydrogens (tertiary/aromatic N) is 1. The van der Waals surface area contributed by atoms with E-state index < -0.39 is 9.84 Å². The monoisotopic (exact) mass is 295 g/mol. The zero-order valence-corrected chi connectivity index (χ0v) is 13.0. The van der Waals surface area contributed by atoms with Crippen LogP contribution in [0.15, 0.2) is 29.2 Å². The van der Waals surface area contributed by atoms with Crippen molar-refractivity contribution < 1.29 is 13.2 Å². The molecule has 1 aliphatic rings. The predicted octanol–water partition coefficient (Wildman–Crippen LogP) is 2.41. The summed E-state index contributed by atoms with van der Waals surface area (Å²) < 4.78 is 22.9. The van der Waals surface area contributed by atoms with Crippen LogP contribution in [0.1, 0.15) is 37.8 Å². The Kier molecular flexibility index (Phi) is 4.18. The van der Waals surface area contributed by atoms with Gasteiger partial charge in [0.15, 0.2) is 9.84 Å². The standard InChI is InChI=1S/C15H21NO3S/c1-11(16(2)15(17)13-5-4-6-13)12-7-9-14(10-8-12)20(3,18)19/h7-11,13H,4-6H2,1-3H3. The summed E-state index contributed by atoms with van der Waals surface area (Å²) in [5.41, 5.74) is 0.951. The molecule has 110 valence electrons. The van der Waals surface area contributed by atoms with Crippen molar-refractivity contribution in [2.75, 3.05) is 13.3 Å². The molecule has 4 nitrogen and oxygen atoms in total. The van der Waals surface area contributed by atoms with E-state index in [0.717, 1.165) is 24.8 Å². The molecular formula is C15H21NO3S. The molecule has 0 N–H and O–H groups in total. The molecule has 1 aromatic carbocycles. The largest absolute Gasteiger partial charge is 0.339 e. The summed E-state index contributed by atoms with van der Waals surface area (Å²) in [6.45, 7) is 1.96. The molecule has 1 aliphatic carbocycles. The summed E-state index contributed by atoms with van der Waals surface area (Å²) >= 11 is 0. The van der Waals surface area contributed by atoms with Crippen molar-refractivity contribution >= 4 is 15.7 Å². The van der Waals surface area contributed by atoms with Gasteiger partial charge in [-0.05, 0) is 37.5 Å². The van der Waals surface area contributed by atoms with E-state index in [4.69, 9.17) is 0 Å². The van der Waals surface area contributed by atoms with Crippen molar-refractivity contribution in [3.8, 4) is 0 Å². The first-order valence-electron chi connectivity index (χ1n) is 6.87. The molecule has 0 aromatic heterocycles. The predicted molar refractivity (Wildman–Crippen MR) is 78.1 cm³/mol. The van der Waals surface area contributed by atoms with Gasteiger partial charge >= 0.3 is 0 Å². The maximum absolute atomic E-state index is 12.2. The van der Waals surface area contributed by atoms with Gasteiger partial charge < -0.3 is 4.90 Å². The fourth-order valence-corrected chi connectivity index (χ4v) is 2.98. The van der Waals surface area contributed by atoms with E-state index in [1.807, 2.05) is 14.0 Å². The molecule has 0 radical (unpaired) electrons. The lowest BCUT2D eigenvalue weighted by atomic mass is 9.84.